The van der Waals surface area contributed by atoms with Crippen LogP contribution in [0.2, 0.25) is 0 Å². The molecule has 0 spiro atoms. The number of rotatable bonds is 4. The Labute approximate surface area is 208 Å². The summed E-state index contributed by atoms with van der Waals surface area (Å²) in [7, 11) is 0. The van der Waals surface area contributed by atoms with Gasteiger partial charge in [-0.05, 0) is 64.8 Å². The standard InChI is InChI=1S/C26H30N2O4S2/c1-25(2,31)15-13-17-9-11-21(33-17)23(29)27-19-7-5-6-8-20(19)28-24(30)22-12-10-18(34-22)14-16-26(3,4)32/h9-12,19-20,31-32H,5-8H2,1-4H3,(H,27,29)(H,28,30)/t19-,20-/m1/s1. The lowest BCUT2D eigenvalue weighted by molar-refractivity contribution is 0.0867. The van der Waals surface area contributed by atoms with Gasteiger partial charge in [0.2, 0.25) is 0 Å². The van der Waals surface area contributed by atoms with Crippen LogP contribution in [0, 0.1) is 23.7 Å². The zero-order valence-corrected chi connectivity index (χ0v) is 21.5. The van der Waals surface area contributed by atoms with Crippen molar-refractivity contribution in [3.63, 3.8) is 0 Å². The number of carbonyl (C=O) groups excluding carboxylic acids is 2. The molecule has 1 saturated carbocycles. The summed E-state index contributed by atoms with van der Waals surface area (Å²) in [5, 5.41) is 25.7. The Morgan fingerprint density at radius 2 is 1.18 bits per heavy atom. The van der Waals surface area contributed by atoms with Crippen LogP contribution in [0.15, 0.2) is 24.3 Å². The average molecular weight is 499 g/mol. The first-order chi connectivity index (χ1) is 15.9. The fourth-order valence-corrected chi connectivity index (χ4v) is 4.96. The van der Waals surface area contributed by atoms with Gasteiger partial charge in [0, 0.05) is 12.1 Å². The molecule has 0 saturated heterocycles. The van der Waals surface area contributed by atoms with Gasteiger partial charge < -0.3 is 20.8 Å². The Balaban J connectivity index is 1.63. The molecule has 8 heteroatoms. The van der Waals surface area contributed by atoms with E-state index >= 15 is 0 Å². The summed E-state index contributed by atoms with van der Waals surface area (Å²) in [5.74, 6) is 10.9. The number of hydrogen-bond acceptors (Lipinski definition) is 6. The zero-order chi connectivity index (χ0) is 24.9. The molecule has 0 radical (unpaired) electrons. The van der Waals surface area contributed by atoms with Crippen LogP contribution in [0.3, 0.4) is 0 Å². The first-order valence-electron chi connectivity index (χ1n) is 11.2. The second-order valence-corrected chi connectivity index (χ2v) is 11.6. The van der Waals surface area contributed by atoms with Crippen LogP contribution < -0.4 is 10.6 Å². The van der Waals surface area contributed by atoms with E-state index in [0.717, 1.165) is 25.7 Å². The molecule has 2 amide bonds. The molecule has 4 N–H and O–H groups in total. The van der Waals surface area contributed by atoms with E-state index in [1.807, 2.05) is 0 Å². The van der Waals surface area contributed by atoms with Gasteiger partial charge in [-0.25, -0.2) is 0 Å². The Morgan fingerprint density at radius 1 is 0.794 bits per heavy atom. The molecule has 0 bridgehead atoms. The predicted octanol–water partition coefficient (Wildman–Crippen LogP) is 3.53. The number of aliphatic hydroxyl groups is 2. The fraction of sp³-hybridized carbons (Fsp3) is 0.462. The molecule has 0 unspecified atom stereocenters. The zero-order valence-electron chi connectivity index (χ0n) is 19.8. The summed E-state index contributed by atoms with van der Waals surface area (Å²) >= 11 is 2.56. The minimum absolute atomic E-state index is 0.160. The van der Waals surface area contributed by atoms with Crippen LogP contribution in [0.25, 0.3) is 0 Å². The van der Waals surface area contributed by atoms with E-state index in [0.29, 0.717) is 19.5 Å². The van der Waals surface area contributed by atoms with Gasteiger partial charge in [0.05, 0.1) is 19.5 Å². The van der Waals surface area contributed by atoms with Crippen molar-refractivity contribution in [3.05, 3.63) is 43.8 Å². The van der Waals surface area contributed by atoms with Crippen molar-refractivity contribution < 1.29 is 19.8 Å². The molecule has 0 aliphatic heterocycles. The smallest absolute Gasteiger partial charge is 0.261 e. The summed E-state index contributed by atoms with van der Waals surface area (Å²) in [6.45, 7) is 6.44. The summed E-state index contributed by atoms with van der Waals surface area (Å²) in [6.07, 6.45) is 3.56. The van der Waals surface area contributed by atoms with Gasteiger partial charge in [-0.3, -0.25) is 9.59 Å². The van der Waals surface area contributed by atoms with Crippen LogP contribution in [0.4, 0.5) is 0 Å². The van der Waals surface area contributed by atoms with Crippen LogP contribution in [0.5, 0.6) is 0 Å². The molecule has 2 atom stereocenters. The second-order valence-electron chi connectivity index (χ2n) is 9.39. The minimum Gasteiger partial charge on any atom is -0.378 e. The van der Waals surface area contributed by atoms with Crippen molar-refractivity contribution in [2.45, 2.75) is 76.7 Å². The van der Waals surface area contributed by atoms with E-state index in [1.165, 1.54) is 22.7 Å². The molecule has 0 aromatic carbocycles. The lowest BCUT2D eigenvalue weighted by Crippen LogP contribution is -2.53. The van der Waals surface area contributed by atoms with Crippen molar-refractivity contribution in [2.24, 2.45) is 0 Å². The van der Waals surface area contributed by atoms with E-state index in [9.17, 15) is 19.8 Å². The third-order valence-electron chi connectivity index (χ3n) is 5.04. The summed E-state index contributed by atoms with van der Waals surface area (Å²) in [6, 6.07) is 6.68. The highest BCUT2D eigenvalue weighted by Gasteiger charge is 2.29. The maximum absolute atomic E-state index is 12.8. The van der Waals surface area contributed by atoms with Gasteiger partial charge in [-0.1, -0.05) is 36.5 Å². The first-order valence-corrected chi connectivity index (χ1v) is 12.9. The lowest BCUT2D eigenvalue weighted by Gasteiger charge is -2.32. The average Bonchev–Trinajstić information content (AvgIpc) is 3.41. The largest absolute Gasteiger partial charge is 0.378 e. The molecule has 34 heavy (non-hydrogen) atoms. The van der Waals surface area contributed by atoms with Gasteiger partial charge in [0.1, 0.15) is 11.2 Å². The summed E-state index contributed by atoms with van der Waals surface area (Å²) in [4.78, 5) is 28.2. The number of thiophene rings is 2. The summed E-state index contributed by atoms with van der Waals surface area (Å²) in [5.41, 5.74) is -2.18. The monoisotopic (exact) mass is 498 g/mol. The van der Waals surface area contributed by atoms with Gasteiger partial charge >= 0.3 is 0 Å². The molecule has 2 aromatic rings. The van der Waals surface area contributed by atoms with Crippen LogP contribution in [-0.2, 0) is 0 Å². The molecular weight excluding hydrogens is 468 g/mol. The van der Waals surface area contributed by atoms with Gasteiger partial charge in [-0.2, -0.15) is 0 Å². The van der Waals surface area contributed by atoms with Crippen molar-refractivity contribution in [2.75, 3.05) is 0 Å². The quantitative estimate of drug-likeness (QED) is 0.485. The van der Waals surface area contributed by atoms with E-state index in [2.05, 4.69) is 34.3 Å². The van der Waals surface area contributed by atoms with Crippen molar-refractivity contribution in [3.8, 4) is 23.7 Å². The number of carbonyl (C=O) groups is 2. The molecule has 6 nitrogen and oxygen atoms in total. The molecule has 1 aliphatic rings. The van der Waals surface area contributed by atoms with Crippen molar-refractivity contribution in [1.82, 2.24) is 10.6 Å². The van der Waals surface area contributed by atoms with Crippen LogP contribution >= 0.6 is 22.7 Å². The number of hydrogen-bond donors (Lipinski definition) is 4. The molecule has 2 heterocycles. The normalized spacial score (nSPS) is 18.2. The molecule has 2 aromatic heterocycles. The molecule has 1 fully saturated rings. The van der Waals surface area contributed by atoms with E-state index in [-0.39, 0.29) is 23.9 Å². The molecule has 180 valence electrons. The third kappa shape index (κ3) is 8.00. The van der Waals surface area contributed by atoms with Crippen molar-refractivity contribution >= 4 is 34.5 Å². The van der Waals surface area contributed by atoms with E-state index in [1.54, 1.807) is 52.0 Å². The maximum Gasteiger partial charge on any atom is 0.261 e. The van der Waals surface area contributed by atoms with E-state index in [4.69, 9.17) is 0 Å². The highest BCUT2D eigenvalue weighted by Crippen LogP contribution is 2.23. The first kappa shape index (κ1) is 26.0. The Hall–Kier alpha value is -2.62. The lowest BCUT2D eigenvalue weighted by atomic mass is 9.90. The Bertz CT molecular complexity index is 1070. The van der Waals surface area contributed by atoms with Crippen LogP contribution in [0.1, 0.15) is 82.5 Å². The second kappa shape index (κ2) is 10.8. The SMILES string of the molecule is CC(C)(O)C#Cc1ccc(C(=O)N[C@@H]2CCCC[C@H]2NC(=O)c2ccc(C#CC(C)(C)O)s2)s1. The van der Waals surface area contributed by atoms with Gasteiger partial charge in [-0.15, -0.1) is 22.7 Å². The highest BCUT2D eigenvalue weighted by molar-refractivity contribution is 7.14. The minimum atomic E-state index is -1.09. The fourth-order valence-electron chi connectivity index (χ4n) is 3.44. The Kier molecular flexibility index (Phi) is 8.22. The maximum atomic E-state index is 12.8. The highest BCUT2D eigenvalue weighted by atomic mass is 32.1. The predicted molar refractivity (Wildman–Crippen MR) is 136 cm³/mol. The van der Waals surface area contributed by atoms with Crippen molar-refractivity contribution in [1.29, 1.82) is 0 Å². The molecule has 1 aliphatic carbocycles. The number of amides is 2. The van der Waals surface area contributed by atoms with Gasteiger partial charge in [0.25, 0.3) is 11.8 Å². The topological polar surface area (TPSA) is 98.7 Å². The Morgan fingerprint density at radius 3 is 1.53 bits per heavy atom. The molecular formula is C26H30N2O4S2. The van der Waals surface area contributed by atoms with E-state index < -0.39 is 11.2 Å². The molecule has 3 rings (SSSR count). The number of nitrogens with one attached hydrogen (secondary N) is 2. The summed E-state index contributed by atoms with van der Waals surface area (Å²) < 4.78 is 0. The van der Waals surface area contributed by atoms with Gasteiger partial charge in [0.15, 0.2) is 0 Å². The van der Waals surface area contributed by atoms with Crippen LogP contribution in [-0.4, -0.2) is 45.3 Å². The third-order valence-corrected chi connectivity index (χ3v) is 7.04.